The monoisotopic (exact) mass is 310 g/mol. The van der Waals surface area contributed by atoms with Crippen molar-refractivity contribution in [2.24, 2.45) is 11.3 Å². The highest BCUT2D eigenvalue weighted by Crippen LogP contribution is 2.49. The van der Waals surface area contributed by atoms with E-state index in [-0.39, 0.29) is 25.0 Å². The Hall–Kier alpha value is -1.77. The number of hydrogen-bond donors (Lipinski definition) is 1. The lowest BCUT2D eigenvalue weighted by Crippen LogP contribution is -2.44. The van der Waals surface area contributed by atoms with Crippen LogP contribution in [0.25, 0.3) is 0 Å². The van der Waals surface area contributed by atoms with E-state index in [0.717, 1.165) is 12.8 Å². The van der Waals surface area contributed by atoms with Gasteiger partial charge in [0.05, 0.1) is 12.7 Å². The third kappa shape index (κ3) is 4.90. The Morgan fingerprint density at radius 2 is 1.95 bits per heavy atom. The second-order valence-corrected chi connectivity index (χ2v) is 6.83. The maximum Gasteiger partial charge on any atom is 0.407 e. The fourth-order valence-corrected chi connectivity index (χ4v) is 2.48. The van der Waals surface area contributed by atoms with Crippen molar-refractivity contribution in [3.63, 3.8) is 0 Å². The van der Waals surface area contributed by atoms with Crippen LogP contribution in [0, 0.1) is 22.7 Å². The summed E-state index contributed by atoms with van der Waals surface area (Å²) in [7, 11) is 0. The Balaban J connectivity index is 2.72. The van der Waals surface area contributed by atoms with Gasteiger partial charge in [-0.1, -0.05) is 0 Å². The van der Waals surface area contributed by atoms with Gasteiger partial charge in [0, 0.05) is 6.04 Å². The predicted octanol–water partition coefficient (Wildman–Crippen LogP) is 2.77. The minimum atomic E-state index is -1.18. The maximum atomic E-state index is 12.2. The van der Waals surface area contributed by atoms with Gasteiger partial charge in [0.2, 0.25) is 0 Å². The van der Waals surface area contributed by atoms with E-state index >= 15 is 0 Å². The zero-order chi connectivity index (χ0) is 17.0. The number of carbonyl (C=O) groups excluding carboxylic acids is 2. The van der Waals surface area contributed by atoms with Gasteiger partial charge >= 0.3 is 12.1 Å². The van der Waals surface area contributed by atoms with Crippen LogP contribution >= 0.6 is 0 Å². The number of ether oxygens (including phenoxy) is 2. The van der Waals surface area contributed by atoms with Crippen LogP contribution in [0.2, 0.25) is 0 Å². The molecule has 0 aromatic heterocycles. The van der Waals surface area contributed by atoms with Gasteiger partial charge in [-0.15, -0.1) is 0 Å². The van der Waals surface area contributed by atoms with E-state index in [9.17, 15) is 14.9 Å². The quantitative estimate of drug-likeness (QED) is 0.762. The molecule has 0 spiro atoms. The van der Waals surface area contributed by atoms with E-state index in [1.165, 1.54) is 0 Å². The zero-order valence-corrected chi connectivity index (χ0v) is 14.1. The van der Waals surface area contributed by atoms with Gasteiger partial charge < -0.3 is 14.8 Å². The largest absolute Gasteiger partial charge is 0.465 e. The first-order chi connectivity index (χ1) is 10.1. The molecule has 0 aromatic rings. The van der Waals surface area contributed by atoms with E-state index in [2.05, 4.69) is 11.4 Å². The standard InChI is InChI=1S/C16H26N2O4/c1-6-21-13(19)16(10-17,12-7-8-12)9-11(2)18-14(20)22-15(3,4)5/h11-12H,6-9H2,1-5H3,(H,18,20)/t11-,16?/m1/s1. The molecule has 0 radical (unpaired) electrons. The van der Waals surface area contributed by atoms with Crippen molar-refractivity contribution in [1.82, 2.24) is 5.32 Å². The average Bonchev–Trinajstić information content (AvgIpc) is 3.18. The van der Waals surface area contributed by atoms with Crippen molar-refractivity contribution < 1.29 is 19.1 Å². The molecule has 1 N–H and O–H groups in total. The highest BCUT2D eigenvalue weighted by atomic mass is 16.6. The topological polar surface area (TPSA) is 88.4 Å². The highest BCUT2D eigenvalue weighted by molar-refractivity contribution is 5.81. The molecule has 1 rings (SSSR count). The Kier molecular flexibility index (Phi) is 5.81. The minimum absolute atomic E-state index is 0.0134. The van der Waals surface area contributed by atoms with Crippen molar-refractivity contribution in [1.29, 1.82) is 5.26 Å². The van der Waals surface area contributed by atoms with E-state index in [4.69, 9.17) is 9.47 Å². The molecule has 6 nitrogen and oxygen atoms in total. The number of rotatable bonds is 6. The van der Waals surface area contributed by atoms with Crippen molar-refractivity contribution in [2.45, 2.75) is 65.5 Å². The first-order valence-corrected chi connectivity index (χ1v) is 7.72. The summed E-state index contributed by atoms with van der Waals surface area (Å²) in [6.45, 7) is 9.05. The van der Waals surface area contributed by atoms with Crippen molar-refractivity contribution in [3.8, 4) is 6.07 Å². The van der Waals surface area contributed by atoms with Crippen LogP contribution in [0.5, 0.6) is 0 Å². The summed E-state index contributed by atoms with van der Waals surface area (Å²) < 4.78 is 10.3. The Morgan fingerprint density at radius 3 is 2.36 bits per heavy atom. The second-order valence-electron chi connectivity index (χ2n) is 6.83. The van der Waals surface area contributed by atoms with Crippen LogP contribution in [0.3, 0.4) is 0 Å². The lowest BCUT2D eigenvalue weighted by molar-refractivity contribution is -0.153. The number of carbonyl (C=O) groups is 2. The predicted molar refractivity (Wildman–Crippen MR) is 80.9 cm³/mol. The van der Waals surface area contributed by atoms with Gasteiger partial charge in [-0.3, -0.25) is 4.79 Å². The first kappa shape index (κ1) is 18.3. The lowest BCUT2D eigenvalue weighted by atomic mass is 9.78. The lowest BCUT2D eigenvalue weighted by Gasteiger charge is -2.28. The molecule has 22 heavy (non-hydrogen) atoms. The number of esters is 1. The molecule has 1 aliphatic carbocycles. The summed E-state index contributed by atoms with van der Waals surface area (Å²) in [5, 5.41) is 12.2. The van der Waals surface area contributed by atoms with Gasteiger partial charge in [0.1, 0.15) is 5.60 Å². The molecule has 0 heterocycles. The number of nitriles is 1. The van der Waals surface area contributed by atoms with Gasteiger partial charge in [-0.05, 0) is 59.8 Å². The fraction of sp³-hybridized carbons (Fsp3) is 0.812. The van der Waals surface area contributed by atoms with Crippen LogP contribution in [0.4, 0.5) is 4.79 Å². The number of amides is 1. The van der Waals surface area contributed by atoms with Gasteiger partial charge in [-0.25, -0.2) is 4.79 Å². The summed E-state index contributed by atoms with van der Waals surface area (Å²) in [5.74, 6) is -0.475. The van der Waals surface area contributed by atoms with Gasteiger partial charge in [0.25, 0.3) is 0 Å². The molecule has 1 amide bonds. The summed E-state index contributed by atoms with van der Waals surface area (Å²) in [5.41, 5.74) is -1.77. The van der Waals surface area contributed by atoms with E-state index in [0.29, 0.717) is 0 Å². The van der Waals surface area contributed by atoms with Crippen molar-refractivity contribution in [2.75, 3.05) is 6.61 Å². The molecule has 2 atom stereocenters. The van der Waals surface area contributed by atoms with Crippen LogP contribution in [0.15, 0.2) is 0 Å². The first-order valence-electron chi connectivity index (χ1n) is 7.72. The van der Waals surface area contributed by atoms with Crippen LogP contribution < -0.4 is 5.32 Å². The smallest absolute Gasteiger partial charge is 0.407 e. The number of nitrogens with zero attached hydrogens (tertiary/aromatic N) is 1. The SMILES string of the molecule is CCOC(=O)C(C#N)(C[C@@H](C)NC(=O)OC(C)(C)C)C1CC1. The Morgan fingerprint density at radius 1 is 1.36 bits per heavy atom. The maximum absolute atomic E-state index is 12.2. The van der Waals surface area contributed by atoms with E-state index in [1.54, 1.807) is 34.6 Å². The molecular weight excluding hydrogens is 284 g/mol. The average molecular weight is 310 g/mol. The van der Waals surface area contributed by atoms with Gasteiger partial charge in [0.15, 0.2) is 5.41 Å². The normalized spacial score (nSPS) is 18.5. The van der Waals surface area contributed by atoms with E-state index < -0.39 is 23.1 Å². The summed E-state index contributed by atoms with van der Waals surface area (Å²) in [6, 6.07) is 1.79. The number of alkyl carbamates (subject to hydrolysis) is 1. The third-order valence-electron chi connectivity index (χ3n) is 3.50. The molecule has 6 heteroatoms. The minimum Gasteiger partial charge on any atom is -0.465 e. The molecular formula is C16H26N2O4. The molecule has 0 bridgehead atoms. The highest BCUT2D eigenvalue weighted by Gasteiger charge is 2.53. The molecule has 1 aliphatic rings. The van der Waals surface area contributed by atoms with Crippen molar-refractivity contribution >= 4 is 12.1 Å². The molecule has 0 aliphatic heterocycles. The third-order valence-corrected chi connectivity index (χ3v) is 3.50. The summed E-state index contributed by atoms with van der Waals surface area (Å²) >= 11 is 0. The molecule has 124 valence electrons. The Bertz CT molecular complexity index is 460. The molecule has 0 saturated heterocycles. The summed E-state index contributed by atoms with van der Waals surface area (Å²) in [6.07, 6.45) is 1.36. The zero-order valence-electron chi connectivity index (χ0n) is 14.1. The Labute approximate surface area is 132 Å². The fourth-order valence-electron chi connectivity index (χ4n) is 2.48. The van der Waals surface area contributed by atoms with Crippen molar-refractivity contribution in [3.05, 3.63) is 0 Å². The van der Waals surface area contributed by atoms with Crippen LogP contribution in [-0.2, 0) is 14.3 Å². The van der Waals surface area contributed by atoms with Crippen LogP contribution in [-0.4, -0.2) is 30.3 Å². The molecule has 1 fully saturated rings. The summed E-state index contributed by atoms with van der Waals surface area (Å²) in [4.78, 5) is 24.0. The molecule has 0 aromatic carbocycles. The second kappa shape index (κ2) is 6.99. The van der Waals surface area contributed by atoms with Crippen LogP contribution in [0.1, 0.15) is 53.9 Å². The number of nitrogens with one attached hydrogen (secondary N) is 1. The van der Waals surface area contributed by atoms with Gasteiger partial charge in [-0.2, -0.15) is 5.26 Å². The molecule has 1 unspecified atom stereocenters. The number of hydrogen-bond acceptors (Lipinski definition) is 5. The molecule has 1 saturated carbocycles. The van der Waals surface area contributed by atoms with E-state index in [1.807, 2.05) is 0 Å².